The fraction of sp³-hybridized carbons (Fsp3) is 0.0256. The molecule has 0 bridgehead atoms. The third kappa shape index (κ3) is 3.90. The van der Waals surface area contributed by atoms with Crippen LogP contribution in [-0.4, -0.2) is 9.13 Å². The van der Waals surface area contributed by atoms with Gasteiger partial charge in [-0.1, -0.05) is 109 Å². The molecule has 0 unspecified atom stereocenters. The molecule has 0 amide bonds. The Balaban J connectivity index is 1.37. The summed E-state index contributed by atoms with van der Waals surface area (Å²) in [5.74, 6) is 1.11. The van der Waals surface area contributed by atoms with Gasteiger partial charge in [-0.15, -0.1) is 0 Å². The van der Waals surface area contributed by atoms with Crippen molar-refractivity contribution in [3.8, 4) is 16.8 Å². The first-order valence-electron chi connectivity index (χ1n) is 14.3. The number of nitrogens with zero attached hydrogens (tertiary/aromatic N) is 3. The number of fused-ring (bicyclic) bond motifs is 4. The van der Waals surface area contributed by atoms with Gasteiger partial charge < -0.3 is 9.13 Å². The largest absolute Gasteiger partial charge is 0.328 e. The fourth-order valence-electron chi connectivity index (χ4n) is 6.29. The Kier molecular flexibility index (Phi) is 5.68. The number of aromatic nitrogens is 2. The van der Waals surface area contributed by atoms with Gasteiger partial charge >= 0.3 is 0 Å². The van der Waals surface area contributed by atoms with Gasteiger partial charge in [0.15, 0.2) is 0 Å². The van der Waals surface area contributed by atoms with E-state index in [1.165, 1.54) is 43.8 Å². The predicted molar refractivity (Wildman–Crippen MR) is 177 cm³/mol. The summed E-state index contributed by atoms with van der Waals surface area (Å²) in [6, 6.07) is 56.5. The number of para-hydroxylation sites is 2. The van der Waals surface area contributed by atoms with E-state index in [0.717, 1.165) is 22.9 Å². The molecule has 0 aliphatic heterocycles. The summed E-state index contributed by atoms with van der Waals surface area (Å²) in [4.78, 5) is 2.38. The molecule has 0 radical (unpaired) electrons. The Labute approximate surface area is 245 Å². The fourth-order valence-corrected chi connectivity index (χ4v) is 6.29. The van der Waals surface area contributed by atoms with Crippen LogP contribution in [0.3, 0.4) is 0 Å². The van der Waals surface area contributed by atoms with Gasteiger partial charge in [0.2, 0.25) is 0 Å². The molecule has 3 nitrogen and oxygen atoms in total. The normalized spacial score (nSPS) is 11.5. The van der Waals surface area contributed by atoms with Crippen LogP contribution in [0.5, 0.6) is 0 Å². The van der Waals surface area contributed by atoms with E-state index in [4.69, 9.17) is 0 Å². The highest BCUT2D eigenvalue weighted by Gasteiger charge is 2.23. The van der Waals surface area contributed by atoms with Gasteiger partial charge in [-0.3, -0.25) is 4.90 Å². The van der Waals surface area contributed by atoms with Gasteiger partial charge in [0, 0.05) is 35.6 Å². The number of hydrogen-bond acceptors (Lipinski definition) is 1. The van der Waals surface area contributed by atoms with Crippen LogP contribution in [0.1, 0.15) is 0 Å². The Hall–Kier alpha value is -5.54. The van der Waals surface area contributed by atoms with Crippen LogP contribution in [0.25, 0.3) is 49.5 Å². The molecule has 8 rings (SSSR count). The third-order valence-corrected chi connectivity index (χ3v) is 8.30. The van der Waals surface area contributed by atoms with E-state index in [2.05, 4.69) is 179 Å². The lowest BCUT2D eigenvalue weighted by molar-refractivity contribution is 0.952. The molecule has 42 heavy (non-hydrogen) atoms. The van der Waals surface area contributed by atoms with Crippen molar-refractivity contribution in [2.24, 2.45) is 7.05 Å². The zero-order valence-electron chi connectivity index (χ0n) is 23.4. The molecular weight excluding hydrogens is 510 g/mol. The van der Waals surface area contributed by atoms with E-state index in [1.54, 1.807) is 0 Å². The number of hydrogen-bond donors (Lipinski definition) is 0. The Morgan fingerprint density at radius 1 is 0.476 bits per heavy atom. The van der Waals surface area contributed by atoms with Gasteiger partial charge in [0.1, 0.15) is 5.82 Å². The van der Waals surface area contributed by atoms with Crippen LogP contribution in [0.4, 0.5) is 17.2 Å². The van der Waals surface area contributed by atoms with Gasteiger partial charge in [-0.2, -0.15) is 0 Å². The zero-order valence-corrected chi connectivity index (χ0v) is 23.4. The monoisotopic (exact) mass is 539 g/mol. The molecule has 2 heterocycles. The smallest absolute Gasteiger partial charge is 0.120 e. The zero-order chi connectivity index (χ0) is 28.0. The third-order valence-electron chi connectivity index (χ3n) is 8.30. The van der Waals surface area contributed by atoms with E-state index < -0.39 is 0 Å². The van der Waals surface area contributed by atoms with Crippen LogP contribution in [-0.2, 0) is 7.05 Å². The molecule has 8 aromatic rings. The molecule has 0 saturated carbocycles. The number of benzene rings is 6. The first kappa shape index (κ1) is 24.3. The maximum absolute atomic E-state index is 2.38. The maximum atomic E-state index is 2.38. The summed E-state index contributed by atoms with van der Waals surface area (Å²) in [5.41, 5.74) is 9.43. The van der Waals surface area contributed by atoms with Crippen LogP contribution in [0.15, 0.2) is 158 Å². The van der Waals surface area contributed by atoms with E-state index >= 15 is 0 Å². The molecule has 0 N–H and O–H groups in total. The first-order chi connectivity index (χ1) is 20.8. The van der Waals surface area contributed by atoms with Crippen LogP contribution < -0.4 is 4.90 Å². The van der Waals surface area contributed by atoms with Crippen molar-refractivity contribution in [1.29, 1.82) is 0 Å². The topological polar surface area (TPSA) is 13.1 Å². The van der Waals surface area contributed by atoms with Crippen molar-refractivity contribution in [3.05, 3.63) is 158 Å². The summed E-state index contributed by atoms with van der Waals surface area (Å²) in [7, 11) is 2.19. The SMILES string of the molecule is Cn1c(N(c2ccc(-c3ccccc3)cc2)c2ccc3ccccc3c2)cc2c1c1ccccc1n2-c1ccccc1. The molecule has 2 aromatic heterocycles. The van der Waals surface area contributed by atoms with Crippen molar-refractivity contribution < 1.29 is 0 Å². The molecule has 6 aromatic carbocycles. The van der Waals surface area contributed by atoms with E-state index in [0.29, 0.717) is 0 Å². The highest BCUT2D eigenvalue weighted by molar-refractivity contribution is 6.10. The molecule has 0 saturated heterocycles. The number of aryl methyl sites for hydroxylation is 1. The molecule has 0 atom stereocenters. The molecule has 200 valence electrons. The lowest BCUT2D eigenvalue weighted by Crippen LogP contribution is -2.13. The summed E-state index contributed by atoms with van der Waals surface area (Å²) >= 11 is 0. The Morgan fingerprint density at radius 2 is 1.10 bits per heavy atom. The molecule has 0 fully saturated rings. The Bertz CT molecular complexity index is 2190. The summed E-state index contributed by atoms with van der Waals surface area (Å²) in [6.07, 6.45) is 0. The average Bonchev–Trinajstić information content (AvgIpc) is 3.56. The van der Waals surface area contributed by atoms with Crippen molar-refractivity contribution in [3.63, 3.8) is 0 Å². The van der Waals surface area contributed by atoms with Gasteiger partial charge in [0.05, 0.1) is 16.6 Å². The summed E-state index contributed by atoms with van der Waals surface area (Å²) < 4.78 is 4.72. The maximum Gasteiger partial charge on any atom is 0.120 e. The first-order valence-corrected chi connectivity index (χ1v) is 14.3. The minimum Gasteiger partial charge on any atom is -0.328 e. The summed E-state index contributed by atoms with van der Waals surface area (Å²) in [5, 5.41) is 3.70. The van der Waals surface area contributed by atoms with Crippen LogP contribution in [0.2, 0.25) is 0 Å². The predicted octanol–water partition coefficient (Wildman–Crippen LogP) is 10.4. The number of anilines is 3. The lowest BCUT2D eigenvalue weighted by atomic mass is 10.0. The number of rotatable bonds is 5. The second-order valence-corrected chi connectivity index (χ2v) is 10.8. The van der Waals surface area contributed by atoms with Gasteiger partial charge in [-0.25, -0.2) is 0 Å². The van der Waals surface area contributed by atoms with E-state index in [-0.39, 0.29) is 0 Å². The van der Waals surface area contributed by atoms with Crippen molar-refractivity contribution in [1.82, 2.24) is 9.13 Å². The second-order valence-electron chi connectivity index (χ2n) is 10.8. The second kappa shape index (κ2) is 9.83. The van der Waals surface area contributed by atoms with Crippen molar-refractivity contribution in [2.45, 2.75) is 0 Å². The molecule has 0 spiro atoms. The average molecular weight is 540 g/mol. The lowest BCUT2D eigenvalue weighted by Gasteiger charge is -2.26. The van der Waals surface area contributed by atoms with E-state index in [9.17, 15) is 0 Å². The summed E-state index contributed by atoms with van der Waals surface area (Å²) in [6.45, 7) is 0. The molecular formula is C39H29N3. The van der Waals surface area contributed by atoms with Crippen LogP contribution in [0, 0.1) is 0 Å². The highest BCUT2D eigenvalue weighted by Crippen LogP contribution is 2.42. The van der Waals surface area contributed by atoms with Gasteiger partial charge in [-0.05, 0) is 64.4 Å². The molecule has 3 heteroatoms. The minimum absolute atomic E-state index is 1.11. The van der Waals surface area contributed by atoms with Crippen molar-refractivity contribution >= 4 is 49.9 Å². The molecule has 0 aliphatic rings. The van der Waals surface area contributed by atoms with Crippen molar-refractivity contribution in [2.75, 3.05) is 4.90 Å². The van der Waals surface area contributed by atoms with Gasteiger partial charge in [0.25, 0.3) is 0 Å². The van der Waals surface area contributed by atoms with Crippen LogP contribution >= 0.6 is 0 Å². The van der Waals surface area contributed by atoms with E-state index in [1.807, 2.05) is 0 Å². The Morgan fingerprint density at radius 3 is 1.88 bits per heavy atom. The standard InChI is InChI=1S/C39H29N3/c1-40-38(27-37-39(40)35-18-10-11-19-36(35)42(37)32-16-6-3-7-17-32)41(34-25-22-29-14-8-9-15-31(29)26-34)33-23-20-30(21-24-33)28-12-4-2-5-13-28/h2-27H,1H3. The highest BCUT2D eigenvalue weighted by atomic mass is 15.3. The minimum atomic E-state index is 1.11. The quantitative estimate of drug-likeness (QED) is 0.212. The molecule has 0 aliphatic carbocycles.